The molecule has 1 fully saturated rings. The average molecular weight is 251 g/mol. The first-order valence-electron chi connectivity index (χ1n) is 5.99. The van der Waals surface area contributed by atoms with E-state index >= 15 is 0 Å². The minimum absolute atomic E-state index is 0.0889. The fourth-order valence-corrected chi connectivity index (χ4v) is 1.67. The Hall–Kier alpha value is -1.75. The van der Waals surface area contributed by atoms with Crippen molar-refractivity contribution in [3.05, 3.63) is 24.3 Å². The van der Waals surface area contributed by atoms with E-state index in [2.05, 4.69) is 0 Å². The maximum atomic E-state index is 11.5. The maximum absolute atomic E-state index is 11.5. The largest absolute Gasteiger partial charge is 0.493 e. The Morgan fingerprint density at radius 1 is 1.39 bits per heavy atom. The highest BCUT2D eigenvalue weighted by atomic mass is 16.6. The summed E-state index contributed by atoms with van der Waals surface area (Å²) >= 11 is 0. The summed E-state index contributed by atoms with van der Waals surface area (Å²) in [5, 5.41) is 0. The second-order valence-corrected chi connectivity index (χ2v) is 4.14. The van der Waals surface area contributed by atoms with Crippen molar-refractivity contribution < 1.29 is 19.0 Å². The molecule has 1 saturated heterocycles. The highest BCUT2D eigenvalue weighted by molar-refractivity contribution is 5.69. The second-order valence-electron chi connectivity index (χ2n) is 4.14. The summed E-state index contributed by atoms with van der Waals surface area (Å²) in [4.78, 5) is 11.5. The predicted octanol–water partition coefficient (Wildman–Crippen LogP) is 1.37. The Bertz CT molecular complexity index is 384. The minimum Gasteiger partial charge on any atom is -0.493 e. The van der Waals surface area contributed by atoms with Gasteiger partial charge < -0.3 is 19.9 Å². The van der Waals surface area contributed by atoms with E-state index < -0.39 is 0 Å². The van der Waals surface area contributed by atoms with E-state index in [1.807, 2.05) is 0 Å². The third-order valence-corrected chi connectivity index (χ3v) is 2.64. The molecule has 5 nitrogen and oxygen atoms in total. The fraction of sp³-hybridized carbons (Fsp3) is 0.462. The van der Waals surface area contributed by atoms with Crippen LogP contribution in [0.1, 0.15) is 12.8 Å². The summed E-state index contributed by atoms with van der Waals surface area (Å²) in [6.45, 7) is 1.47. The van der Waals surface area contributed by atoms with Gasteiger partial charge in [-0.2, -0.15) is 0 Å². The molecule has 1 unspecified atom stereocenters. The monoisotopic (exact) mass is 251 g/mol. The lowest BCUT2D eigenvalue weighted by atomic mass is 10.3. The van der Waals surface area contributed by atoms with Crippen LogP contribution in [0.3, 0.4) is 0 Å². The summed E-state index contributed by atoms with van der Waals surface area (Å²) in [5.74, 6) is 0.446. The molecule has 1 aromatic rings. The second kappa shape index (κ2) is 6.26. The molecule has 0 bridgehead atoms. The lowest BCUT2D eigenvalue weighted by Crippen LogP contribution is -2.19. The predicted molar refractivity (Wildman–Crippen MR) is 66.3 cm³/mol. The van der Waals surface area contributed by atoms with Gasteiger partial charge >= 0.3 is 5.97 Å². The van der Waals surface area contributed by atoms with Crippen molar-refractivity contribution in [3.63, 3.8) is 0 Å². The van der Waals surface area contributed by atoms with Gasteiger partial charge in [-0.25, -0.2) is 0 Å². The molecule has 1 aromatic carbocycles. The van der Waals surface area contributed by atoms with Gasteiger partial charge in [-0.05, 0) is 24.3 Å². The third kappa shape index (κ3) is 3.92. The molecule has 2 rings (SSSR count). The van der Waals surface area contributed by atoms with Gasteiger partial charge in [0.15, 0.2) is 0 Å². The first-order chi connectivity index (χ1) is 8.74. The van der Waals surface area contributed by atoms with Crippen molar-refractivity contribution in [2.75, 3.05) is 25.6 Å². The molecule has 0 saturated carbocycles. The maximum Gasteiger partial charge on any atom is 0.309 e. The van der Waals surface area contributed by atoms with Crippen LogP contribution in [0.4, 0.5) is 5.69 Å². The third-order valence-electron chi connectivity index (χ3n) is 2.64. The molecule has 0 radical (unpaired) electrons. The van der Waals surface area contributed by atoms with Crippen molar-refractivity contribution in [3.8, 4) is 5.75 Å². The number of rotatable bonds is 5. The molecule has 1 heterocycles. The molecule has 98 valence electrons. The normalized spacial score (nSPS) is 18.6. The molecule has 2 N–H and O–H groups in total. The van der Waals surface area contributed by atoms with Crippen molar-refractivity contribution >= 4 is 11.7 Å². The van der Waals surface area contributed by atoms with Crippen molar-refractivity contribution in [2.24, 2.45) is 0 Å². The Morgan fingerprint density at radius 2 is 2.17 bits per heavy atom. The Labute approximate surface area is 106 Å². The zero-order chi connectivity index (χ0) is 12.8. The number of hydrogen-bond donors (Lipinski definition) is 1. The van der Waals surface area contributed by atoms with E-state index in [9.17, 15) is 4.79 Å². The number of esters is 1. The SMILES string of the molecule is Nc1ccc(OCCC(=O)OC2CCOC2)cc1. The lowest BCUT2D eigenvalue weighted by Gasteiger charge is -2.10. The fourth-order valence-electron chi connectivity index (χ4n) is 1.67. The van der Waals surface area contributed by atoms with Crippen LogP contribution in [0.15, 0.2) is 24.3 Å². The highest BCUT2D eigenvalue weighted by Crippen LogP contribution is 2.13. The smallest absolute Gasteiger partial charge is 0.309 e. The lowest BCUT2D eigenvalue weighted by molar-refractivity contribution is -0.149. The summed E-state index contributed by atoms with van der Waals surface area (Å²) in [5.41, 5.74) is 6.24. The first-order valence-corrected chi connectivity index (χ1v) is 5.99. The topological polar surface area (TPSA) is 70.8 Å². The van der Waals surface area contributed by atoms with Gasteiger partial charge in [-0.15, -0.1) is 0 Å². The van der Waals surface area contributed by atoms with Gasteiger partial charge in [0, 0.05) is 12.1 Å². The summed E-state index contributed by atoms with van der Waals surface area (Å²) in [7, 11) is 0. The Kier molecular flexibility index (Phi) is 4.41. The van der Waals surface area contributed by atoms with Crippen LogP contribution in [-0.4, -0.2) is 31.9 Å². The molecule has 0 amide bonds. The molecule has 0 aromatic heterocycles. The van der Waals surface area contributed by atoms with Gasteiger partial charge in [0.2, 0.25) is 0 Å². The van der Waals surface area contributed by atoms with E-state index in [1.165, 1.54) is 0 Å². The molecular weight excluding hydrogens is 234 g/mol. The molecule has 1 aliphatic heterocycles. The van der Waals surface area contributed by atoms with E-state index in [1.54, 1.807) is 24.3 Å². The van der Waals surface area contributed by atoms with Gasteiger partial charge in [0.05, 0.1) is 26.2 Å². The number of carbonyl (C=O) groups is 1. The van der Waals surface area contributed by atoms with Crippen LogP contribution in [0, 0.1) is 0 Å². The number of ether oxygens (including phenoxy) is 3. The van der Waals surface area contributed by atoms with E-state index in [0.717, 1.165) is 6.42 Å². The standard InChI is InChI=1S/C13H17NO4/c14-10-1-3-11(4-2-10)17-8-6-13(15)18-12-5-7-16-9-12/h1-4,12H,5-9,14H2. The molecule has 18 heavy (non-hydrogen) atoms. The van der Waals surface area contributed by atoms with Gasteiger partial charge in [0.1, 0.15) is 11.9 Å². The molecule has 0 spiro atoms. The van der Waals surface area contributed by atoms with Gasteiger partial charge in [0.25, 0.3) is 0 Å². The number of carbonyl (C=O) groups excluding carboxylic acids is 1. The molecule has 1 aliphatic rings. The summed E-state index contributed by atoms with van der Waals surface area (Å²) in [6, 6.07) is 7.05. The van der Waals surface area contributed by atoms with E-state index in [4.69, 9.17) is 19.9 Å². The van der Waals surface area contributed by atoms with E-state index in [-0.39, 0.29) is 18.5 Å². The van der Waals surface area contributed by atoms with Crippen LogP contribution in [0.2, 0.25) is 0 Å². The van der Waals surface area contributed by atoms with Crippen molar-refractivity contribution in [2.45, 2.75) is 18.9 Å². The van der Waals surface area contributed by atoms with Crippen LogP contribution in [0.25, 0.3) is 0 Å². The van der Waals surface area contributed by atoms with Crippen molar-refractivity contribution in [1.29, 1.82) is 0 Å². The Balaban J connectivity index is 1.65. The molecule has 1 atom stereocenters. The minimum atomic E-state index is -0.249. The number of nitrogens with two attached hydrogens (primary N) is 1. The van der Waals surface area contributed by atoms with Crippen LogP contribution in [-0.2, 0) is 14.3 Å². The highest BCUT2D eigenvalue weighted by Gasteiger charge is 2.19. The molecule has 5 heteroatoms. The number of hydrogen-bond acceptors (Lipinski definition) is 5. The molecular formula is C13H17NO4. The van der Waals surface area contributed by atoms with Crippen molar-refractivity contribution in [1.82, 2.24) is 0 Å². The first kappa shape index (κ1) is 12.7. The quantitative estimate of drug-likeness (QED) is 0.632. The zero-order valence-electron chi connectivity index (χ0n) is 10.1. The molecule has 0 aliphatic carbocycles. The van der Waals surface area contributed by atoms with Gasteiger partial charge in [-0.1, -0.05) is 0 Å². The summed E-state index contributed by atoms with van der Waals surface area (Å²) < 4.78 is 15.7. The van der Waals surface area contributed by atoms with Crippen LogP contribution >= 0.6 is 0 Å². The summed E-state index contributed by atoms with van der Waals surface area (Å²) in [6.07, 6.45) is 0.930. The average Bonchev–Trinajstić information content (AvgIpc) is 2.84. The number of anilines is 1. The Morgan fingerprint density at radius 3 is 2.83 bits per heavy atom. The van der Waals surface area contributed by atoms with Crippen LogP contribution < -0.4 is 10.5 Å². The number of nitrogen functional groups attached to an aromatic ring is 1. The van der Waals surface area contributed by atoms with E-state index in [0.29, 0.717) is 31.3 Å². The van der Waals surface area contributed by atoms with Crippen LogP contribution in [0.5, 0.6) is 5.75 Å². The van der Waals surface area contributed by atoms with Gasteiger partial charge in [-0.3, -0.25) is 4.79 Å². The number of benzene rings is 1. The zero-order valence-corrected chi connectivity index (χ0v) is 10.1.